The molecule has 0 radical (unpaired) electrons. The normalized spacial score (nSPS) is 51.3. The van der Waals surface area contributed by atoms with Crippen LogP contribution in [0.3, 0.4) is 0 Å². The van der Waals surface area contributed by atoms with Gasteiger partial charge in [-0.25, -0.2) is 0 Å². The van der Waals surface area contributed by atoms with Crippen molar-refractivity contribution in [3.63, 3.8) is 0 Å². The summed E-state index contributed by atoms with van der Waals surface area (Å²) in [5.41, 5.74) is -0.303. The molecule has 4 saturated carbocycles. The molecule has 4 nitrogen and oxygen atoms in total. The van der Waals surface area contributed by atoms with Crippen LogP contribution >= 0.6 is 0 Å². The molecule has 164 valence electrons. The molecule has 4 rings (SSSR count). The van der Waals surface area contributed by atoms with Crippen LogP contribution in [-0.4, -0.2) is 34.5 Å². The monoisotopic (exact) mass is 404 g/mol. The lowest BCUT2D eigenvalue weighted by molar-refractivity contribution is -0.213. The van der Waals surface area contributed by atoms with E-state index < -0.39 is 18.2 Å². The van der Waals surface area contributed by atoms with E-state index in [1.54, 1.807) is 13.8 Å². The maximum Gasteiger partial charge on any atom is 0.153 e. The van der Waals surface area contributed by atoms with Gasteiger partial charge in [0.25, 0.3) is 0 Å². The Labute approximate surface area is 176 Å². The molecule has 2 N–H and O–H groups in total. The molecule has 4 heteroatoms. The molecular formula is C25H40O4. The Morgan fingerprint density at radius 2 is 1.66 bits per heavy atom. The maximum atomic E-state index is 9.98. The summed E-state index contributed by atoms with van der Waals surface area (Å²) < 4.78 is 11.8. The van der Waals surface area contributed by atoms with Crippen molar-refractivity contribution in [3.8, 4) is 12.3 Å². The third-order valence-corrected chi connectivity index (χ3v) is 9.73. The molecule has 10 atom stereocenters. The van der Waals surface area contributed by atoms with E-state index in [0.717, 1.165) is 38.0 Å². The molecule has 0 aromatic rings. The first-order chi connectivity index (χ1) is 13.6. The second-order valence-electron chi connectivity index (χ2n) is 11.0. The second-order valence-corrected chi connectivity index (χ2v) is 11.0. The van der Waals surface area contributed by atoms with Crippen molar-refractivity contribution in [2.45, 2.75) is 110 Å². The Morgan fingerprint density at radius 1 is 0.931 bits per heavy atom. The van der Waals surface area contributed by atoms with E-state index in [-0.39, 0.29) is 11.5 Å². The number of hydrogen-bond acceptors (Lipinski definition) is 4. The lowest BCUT2D eigenvalue weighted by Crippen LogP contribution is -2.57. The molecule has 5 unspecified atom stereocenters. The molecule has 0 aliphatic heterocycles. The molecule has 4 fully saturated rings. The van der Waals surface area contributed by atoms with Gasteiger partial charge in [-0.05, 0) is 101 Å². The van der Waals surface area contributed by atoms with Gasteiger partial charge in [-0.2, -0.15) is 0 Å². The van der Waals surface area contributed by atoms with Crippen molar-refractivity contribution >= 4 is 0 Å². The van der Waals surface area contributed by atoms with Crippen molar-refractivity contribution < 1.29 is 19.7 Å². The third kappa shape index (κ3) is 3.28. The van der Waals surface area contributed by atoms with Crippen LogP contribution in [0.2, 0.25) is 0 Å². The summed E-state index contributed by atoms with van der Waals surface area (Å²) in [6.45, 7) is 8.28. The highest BCUT2D eigenvalue weighted by molar-refractivity contribution is 5.24. The number of aliphatic hydroxyl groups is 2. The summed E-state index contributed by atoms with van der Waals surface area (Å²) in [6, 6.07) is 0. The molecule has 29 heavy (non-hydrogen) atoms. The van der Waals surface area contributed by atoms with Gasteiger partial charge in [0, 0.05) is 5.41 Å². The standard InChI is InChI=1S/C25H40O4/c1-6-25(29-17(3)27)14-11-22-20-8-7-18-15-19(28-16(2)26)9-12-23(18,4)21(20)10-13-24(22,25)5/h1,16-22,26-27H,7-15H2,2-5H3/t16?,17?,18-,19+,20?,21?,22?,23-,24-,25-/m0/s1. The lowest BCUT2D eigenvalue weighted by Gasteiger charge is -2.61. The SMILES string of the molecule is C#C[C@]1(OC(C)O)CCC2C3CC[C@H]4C[C@H](OC(C)O)CC[C@]4(C)C3CC[C@@]21C. The van der Waals surface area contributed by atoms with Gasteiger partial charge in [0.05, 0.1) is 6.10 Å². The molecule has 0 bridgehead atoms. The molecule has 0 amide bonds. The first-order valence-corrected chi connectivity index (χ1v) is 11.8. The molecule has 4 aliphatic carbocycles. The average molecular weight is 405 g/mol. The van der Waals surface area contributed by atoms with E-state index in [9.17, 15) is 10.2 Å². The van der Waals surface area contributed by atoms with Crippen molar-refractivity contribution in [2.75, 3.05) is 0 Å². The largest absolute Gasteiger partial charge is 0.368 e. The third-order valence-electron chi connectivity index (χ3n) is 9.73. The van der Waals surface area contributed by atoms with Gasteiger partial charge in [-0.15, -0.1) is 6.42 Å². The van der Waals surface area contributed by atoms with E-state index in [4.69, 9.17) is 15.9 Å². The van der Waals surface area contributed by atoms with Gasteiger partial charge >= 0.3 is 0 Å². The highest BCUT2D eigenvalue weighted by Crippen LogP contribution is 2.69. The second kappa shape index (κ2) is 7.52. The Kier molecular flexibility index (Phi) is 5.61. The van der Waals surface area contributed by atoms with Gasteiger partial charge < -0.3 is 19.7 Å². The zero-order chi connectivity index (χ0) is 21.0. The first kappa shape index (κ1) is 21.6. The highest BCUT2D eigenvalue weighted by atomic mass is 16.6. The zero-order valence-electron chi connectivity index (χ0n) is 18.7. The molecule has 0 heterocycles. The number of fused-ring (bicyclic) bond motifs is 5. The van der Waals surface area contributed by atoms with Crippen molar-refractivity contribution in [3.05, 3.63) is 0 Å². The van der Waals surface area contributed by atoms with Crippen LogP contribution in [0.1, 0.15) is 85.5 Å². The van der Waals surface area contributed by atoms with Crippen molar-refractivity contribution in [1.82, 2.24) is 0 Å². The minimum Gasteiger partial charge on any atom is -0.368 e. The molecule has 0 spiro atoms. The Morgan fingerprint density at radius 3 is 2.31 bits per heavy atom. The fraction of sp³-hybridized carbons (Fsp3) is 0.920. The number of rotatable bonds is 4. The van der Waals surface area contributed by atoms with Crippen LogP contribution in [0, 0.1) is 46.8 Å². The average Bonchev–Trinajstić information content (AvgIpc) is 2.94. The smallest absolute Gasteiger partial charge is 0.153 e. The summed E-state index contributed by atoms with van der Waals surface area (Å²) >= 11 is 0. The molecule has 0 aromatic carbocycles. The van der Waals surface area contributed by atoms with E-state index >= 15 is 0 Å². The number of terminal acetylenes is 1. The lowest BCUT2D eigenvalue weighted by atomic mass is 9.44. The number of hydrogen-bond donors (Lipinski definition) is 2. The highest BCUT2D eigenvalue weighted by Gasteiger charge is 2.65. The number of ether oxygens (including phenoxy) is 2. The van der Waals surface area contributed by atoms with Crippen LogP contribution in [0.25, 0.3) is 0 Å². The molecule has 0 saturated heterocycles. The summed E-state index contributed by atoms with van der Waals surface area (Å²) in [4.78, 5) is 0. The van der Waals surface area contributed by atoms with E-state index in [2.05, 4.69) is 19.8 Å². The predicted octanol–water partition coefficient (Wildman–Crippen LogP) is 4.48. The van der Waals surface area contributed by atoms with Gasteiger partial charge in [-0.3, -0.25) is 0 Å². The predicted molar refractivity (Wildman–Crippen MR) is 113 cm³/mol. The quantitative estimate of drug-likeness (QED) is 0.536. The minimum atomic E-state index is -0.822. The Hall–Kier alpha value is -0.600. The van der Waals surface area contributed by atoms with E-state index in [0.29, 0.717) is 23.2 Å². The zero-order valence-corrected chi connectivity index (χ0v) is 18.7. The topological polar surface area (TPSA) is 58.9 Å². The van der Waals surface area contributed by atoms with Crippen LogP contribution in [0.15, 0.2) is 0 Å². The summed E-state index contributed by atoms with van der Waals surface area (Å²) in [7, 11) is 0. The van der Waals surface area contributed by atoms with Gasteiger partial charge in [0.2, 0.25) is 0 Å². The van der Waals surface area contributed by atoms with Crippen LogP contribution < -0.4 is 0 Å². The minimum absolute atomic E-state index is 0.0459. The van der Waals surface area contributed by atoms with Gasteiger partial charge in [0.1, 0.15) is 5.60 Å². The van der Waals surface area contributed by atoms with Crippen LogP contribution in [0.4, 0.5) is 0 Å². The van der Waals surface area contributed by atoms with Gasteiger partial charge in [0.15, 0.2) is 12.6 Å². The summed E-state index contributed by atoms with van der Waals surface area (Å²) in [5.74, 6) is 5.74. The van der Waals surface area contributed by atoms with Gasteiger partial charge in [-0.1, -0.05) is 19.8 Å². The van der Waals surface area contributed by atoms with E-state index in [1.807, 2.05) is 0 Å². The van der Waals surface area contributed by atoms with E-state index in [1.165, 1.54) is 25.7 Å². The molecular weight excluding hydrogens is 364 g/mol. The Balaban J connectivity index is 1.55. The Bertz CT molecular complexity index is 654. The first-order valence-electron chi connectivity index (χ1n) is 11.8. The summed E-state index contributed by atoms with van der Waals surface area (Å²) in [6.07, 6.45) is 14.9. The van der Waals surface area contributed by atoms with Crippen LogP contribution in [-0.2, 0) is 9.47 Å². The molecule has 0 aromatic heterocycles. The fourth-order valence-electron chi connectivity index (χ4n) is 8.37. The van der Waals surface area contributed by atoms with Crippen molar-refractivity contribution in [1.29, 1.82) is 0 Å². The maximum absolute atomic E-state index is 9.98. The van der Waals surface area contributed by atoms with Crippen LogP contribution in [0.5, 0.6) is 0 Å². The summed E-state index contributed by atoms with van der Waals surface area (Å²) in [5, 5.41) is 19.6. The number of aliphatic hydroxyl groups excluding tert-OH is 2. The fourth-order valence-corrected chi connectivity index (χ4v) is 8.37. The molecule has 4 aliphatic rings. The van der Waals surface area contributed by atoms with Crippen molar-refractivity contribution in [2.24, 2.45) is 34.5 Å².